The van der Waals surface area contributed by atoms with Crippen LogP contribution in [0.3, 0.4) is 0 Å². The number of amides is 1. The molecule has 1 aliphatic heterocycles. The average Bonchev–Trinajstić information content (AvgIpc) is 2.90. The molecular weight excluding hydrogens is 352 g/mol. The minimum Gasteiger partial charge on any atom is -0.349 e. The van der Waals surface area contributed by atoms with Gasteiger partial charge in [-0.15, -0.1) is 10.2 Å². The molecule has 0 spiro atoms. The molecule has 0 radical (unpaired) electrons. The second-order valence-corrected chi connectivity index (χ2v) is 7.99. The Morgan fingerprint density at radius 2 is 1.86 bits per heavy atom. The third-order valence-corrected chi connectivity index (χ3v) is 5.13. The number of aryl methyl sites for hydroxylation is 1. The summed E-state index contributed by atoms with van der Waals surface area (Å²) in [5.74, 6) is 2.28. The van der Waals surface area contributed by atoms with Gasteiger partial charge >= 0.3 is 0 Å². The van der Waals surface area contributed by atoms with E-state index in [1.807, 2.05) is 24.3 Å². The second kappa shape index (κ2) is 9.62. The first-order chi connectivity index (χ1) is 13.5. The molecule has 0 bridgehead atoms. The van der Waals surface area contributed by atoms with Crippen molar-refractivity contribution in [1.82, 2.24) is 20.1 Å². The maximum atomic E-state index is 12.3. The summed E-state index contributed by atoms with van der Waals surface area (Å²) in [5.41, 5.74) is 1.90. The first-order valence-electron chi connectivity index (χ1n) is 10.3. The summed E-state index contributed by atoms with van der Waals surface area (Å²) in [6.07, 6.45) is 5.83. The van der Waals surface area contributed by atoms with Crippen LogP contribution in [0.25, 0.3) is 0 Å². The molecule has 0 aliphatic carbocycles. The Hall–Kier alpha value is -2.50. The van der Waals surface area contributed by atoms with Gasteiger partial charge in [-0.3, -0.25) is 9.59 Å². The third kappa shape index (κ3) is 5.50. The van der Waals surface area contributed by atoms with E-state index in [0.717, 1.165) is 43.9 Å². The fraction of sp³-hybridized carbons (Fsp3) is 0.545. The van der Waals surface area contributed by atoms with Crippen molar-refractivity contribution in [3.05, 3.63) is 47.0 Å². The summed E-state index contributed by atoms with van der Waals surface area (Å²) >= 11 is 0. The van der Waals surface area contributed by atoms with Gasteiger partial charge in [-0.05, 0) is 30.7 Å². The van der Waals surface area contributed by atoms with Crippen LogP contribution >= 0.6 is 0 Å². The monoisotopic (exact) mass is 382 g/mol. The molecule has 0 atom stereocenters. The molecule has 0 saturated heterocycles. The molecule has 1 amide bonds. The quantitative estimate of drug-likeness (QED) is 0.709. The van der Waals surface area contributed by atoms with Gasteiger partial charge in [0, 0.05) is 31.4 Å². The Morgan fingerprint density at radius 1 is 1.07 bits per heavy atom. The maximum Gasteiger partial charge on any atom is 0.220 e. The van der Waals surface area contributed by atoms with E-state index in [2.05, 4.69) is 33.9 Å². The van der Waals surface area contributed by atoms with Crippen LogP contribution in [0, 0.1) is 5.92 Å². The van der Waals surface area contributed by atoms with Crippen molar-refractivity contribution < 1.29 is 9.59 Å². The second-order valence-electron chi connectivity index (χ2n) is 7.99. The van der Waals surface area contributed by atoms with Crippen LogP contribution in [-0.4, -0.2) is 26.5 Å². The molecule has 1 aromatic carbocycles. The highest BCUT2D eigenvalue weighted by Gasteiger charge is 2.15. The van der Waals surface area contributed by atoms with Crippen molar-refractivity contribution in [2.24, 2.45) is 5.92 Å². The number of benzene rings is 1. The largest absolute Gasteiger partial charge is 0.349 e. The van der Waals surface area contributed by atoms with Crippen molar-refractivity contribution in [3.8, 4) is 0 Å². The van der Waals surface area contributed by atoms with Gasteiger partial charge in [0.15, 0.2) is 11.6 Å². The standard InChI is InChI=1S/C22H30N4O2/c1-16(2)14-17-7-9-18(10-8-17)19(27)11-12-22(28)23-15-21-25-24-20-6-4-3-5-13-26(20)21/h7-10,16H,3-6,11-15H2,1-2H3,(H,23,28). The maximum absolute atomic E-state index is 12.3. The zero-order valence-electron chi connectivity index (χ0n) is 16.9. The Kier molecular flexibility index (Phi) is 6.95. The highest BCUT2D eigenvalue weighted by molar-refractivity contribution is 5.97. The number of hydrogen-bond donors (Lipinski definition) is 1. The number of nitrogens with zero attached hydrogens (tertiary/aromatic N) is 3. The molecule has 28 heavy (non-hydrogen) atoms. The fourth-order valence-corrected chi connectivity index (χ4v) is 3.61. The lowest BCUT2D eigenvalue weighted by atomic mass is 9.99. The first kappa shape index (κ1) is 20.2. The van der Waals surface area contributed by atoms with Crippen LogP contribution < -0.4 is 5.32 Å². The molecule has 2 aromatic rings. The van der Waals surface area contributed by atoms with E-state index in [1.54, 1.807) is 0 Å². The van der Waals surface area contributed by atoms with E-state index in [0.29, 0.717) is 18.0 Å². The van der Waals surface area contributed by atoms with Crippen molar-refractivity contribution in [3.63, 3.8) is 0 Å². The Balaban J connectivity index is 1.45. The predicted octanol–water partition coefficient (Wildman–Crippen LogP) is 3.48. The molecule has 1 aromatic heterocycles. The molecule has 150 valence electrons. The Labute approximate surface area is 166 Å². The average molecular weight is 383 g/mol. The lowest BCUT2D eigenvalue weighted by molar-refractivity contribution is -0.121. The molecule has 0 fully saturated rings. The zero-order chi connectivity index (χ0) is 19.9. The van der Waals surface area contributed by atoms with Gasteiger partial charge in [0.2, 0.25) is 5.91 Å². The van der Waals surface area contributed by atoms with E-state index < -0.39 is 0 Å². The summed E-state index contributed by atoms with van der Waals surface area (Å²) in [7, 11) is 0. The van der Waals surface area contributed by atoms with Gasteiger partial charge in [0.1, 0.15) is 5.82 Å². The van der Waals surface area contributed by atoms with Gasteiger partial charge in [-0.1, -0.05) is 44.5 Å². The number of hydrogen-bond acceptors (Lipinski definition) is 4. The molecule has 3 rings (SSSR count). The molecule has 6 nitrogen and oxygen atoms in total. The van der Waals surface area contributed by atoms with Gasteiger partial charge in [0.25, 0.3) is 0 Å². The van der Waals surface area contributed by atoms with Crippen molar-refractivity contribution in [2.75, 3.05) is 0 Å². The number of carbonyl (C=O) groups excluding carboxylic acids is 2. The van der Waals surface area contributed by atoms with Crippen LogP contribution in [0.2, 0.25) is 0 Å². The molecular formula is C22H30N4O2. The summed E-state index contributed by atoms with van der Waals surface area (Å²) in [6, 6.07) is 7.74. The van der Waals surface area contributed by atoms with Crippen molar-refractivity contribution in [1.29, 1.82) is 0 Å². The van der Waals surface area contributed by atoms with Gasteiger partial charge in [0.05, 0.1) is 6.54 Å². The van der Waals surface area contributed by atoms with E-state index in [4.69, 9.17) is 0 Å². The van der Waals surface area contributed by atoms with E-state index in [-0.39, 0.29) is 24.5 Å². The minimum absolute atomic E-state index is 0.00240. The number of rotatable bonds is 8. The van der Waals surface area contributed by atoms with Crippen LogP contribution in [0.1, 0.15) is 73.5 Å². The molecule has 1 N–H and O–H groups in total. The van der Waals surface area contributed by atoms with E-state index in [9.17, 15) is 9.59 Å². The SMILES string of the molecule is CC(C)Cc1ccc(C(=O)CCC(=O)NCc2nnc3n2CCCCC3)cc1. The number of aromatic nitrogens is 3. The van der Waals surface area contributed by atoms with Gasteiger partial charge in [-0.25, -0.2) is 0 Å². The smallest absolute Gasteiger partial charge is 0.220 e. The number of ketones is 1. The normalized spacial score (nSPS) is 13.8. The van der Waals surface area contributed by atoms with Crippen molar-refractivity contribution in [2.45, 2.75) is 71.9 Å². The predicted molar refractivity (Wildman–Crippen MR) is 108 cm³/mol. The molecule has 6 heteroatoms. The lowest BCUT2D eigenvalue weighted by Gasteiger charge is -2.08. The highest BCUT2D eigenvalue weighted by atomic mass is 16.2. The third-order valence-electron chi connectivity index (χ3n) is 5.13. The van der Waals surface area contributed by atoms with Crippen LogP contribution in [0.4, 0.5) is 0 Å². The zero-order valence-corrected chi connectivity index (χ0v) is 16.9. The van der Waals surface area contributed by atoms with Crippen molar-refractivity contribution >= 4 is 11.7 Å². The molecule has 0 saturated carbocycles. The number of Topliss-reactive ketones (excluding diaryl/α,β-unsaturated/α-hetero) is 1. The van der Waals surface area contributed by atoms with Gasteiger partial charge in [-0.2, -0.15) is 0 Å². The van der Waals surface area contributed by atoms with Gasteiger partial charge < -0.3 is 9.88 Å². The van der Waals surface area contributed by atoms with E-state index in [1.165, 1.54) is 12.0 Å². The molecule has 2 heterocycles. The highest BCUT2D eigenvalue weighted by Crippen LogP contribution is 2.15. The Morgan fingerprint density at radius 3 is 2.61 bits per heavy atom. The first-order valence-corrected chi connectivity index (χ1v) is 10.3. The van der Waals surface area contributed by atoms with Crippen LogP contribution in [0.15, 0.2) is 24.3 Å². The summed E-state index contributed by atoms with van der Waals surface area (Å²) in [4.78, 5) is 24.5. The fourth-order valence-electron chi connectivity index (χ4n) is 3.61. The summed E-state index contributed by atoms with van der Waals surface area (Å²) in [6.45, 7) is 5.63. The summed E-state index contributed by atoms with van der Waals surface area (Å²) in [5, 5.41) is 11.3. The lowest BCUT2D eigenvalue weighted by Crippen LogP contribution is -2.25. The molecule has 1 aliphatic rings. The molecule has 0 unspecified atom stereocenters. The number of nitrogens with one attached hydrogen (secondary N) is 1. The van der Waals surface area contributed by atoms with Crippen LogP contribution in [-0.2, 0) is 30.7 Å². The number of fused-ring (bicyclic) bond motifs is 1. The summed E-state index contributed by atoms with van der Waals surface area (Å²) < 4.78 is 2.12. The van der Waals surface area contributed by atoms with Crippen LogP contribution in [0.5, 0.6) is 0 Å². The Bertz CT molecular complexity index is 808. The minimum atomic E-state index is -0.129. The topological polar surface area (TPSA) is 76.9 Å². The van der Waals surface area contributed by atoms with E-state index >= 15 is 0 Å². The number of carbonyl (C=O) groups is 2.